The van der Waals surface area contributed by atoms with Crippen LogP contribution < -0.4 is 0 Å². The van der Waals surface area contributed by atoms with Crippen molar-refractivity contribution < 1.29 is 22.8 Å². The summed E-state index contributed by atoms with van der Waals surface area (Å²) < 4.78 is 43.6. The molecule has 2 amide bonds. The average molecular weight is 442 g/mol. The van der Waals surface area contributed by atoms with E-state index < -0.39 is 36.7 Å². The molecule has 11 heteroatoms. The monoisotopic (exact) mass is 441 g/mol. The van der Waals surface area contributed by atoms with E-state index in [2.05, 4.69) is 10.3 Å². The molecule has 1 atom stereocenters. The minimum absolute atomic E-state index is 0.0935. The standard InChI is InChI=1S/C19H19ClF3N5O2/c20-12-3-4-15(21)14(7-12)17(29)28-11-19(22,23)8-13(28)9-27-10-16(24-25-27)18(30)26-5-1-2-6-26/h3-4,7,10,13H,1-2,5-6,8-9,11H2. The van der Waals surface area contributed by atoms with Gasteiger partial charge in [0.15, 0.2) is 5.69 Å². The Hall–Kier alpha value is -2.62. The third kappa shape index (κ3) is 4.14. The van der Waals surface area contributed by atoms with Gasteiger partial charge in [0.2, 0.25) is 0 Å². The van der Waals surface area contributed by atoms with Gasteiger partial charge in [-0.2, -0.15) is 0 Å². The van der Waals surface area contributed by atoms with Crippen LogP contribution in [0.5, 0.6) is 0 Å². The summed E-state index contributed by atoms with van der Waals surface area (Å²) in [5, 5.41) is 7.83. The molecule has 2 aliphatic rings. The van der Waals surface area contributed by atoms with Crippen molar-refractivity contribution in [1.82, 2.24) is 24.8 Å². The minimum atomic E-state index is -3.12. The smallest absolute Gasteiger partial charge is 0.276 e. The van der Waals surface area contributed by atoms with Gasteiger partial charge < -0.3 is 9.80 Å². The molecule has 4 rings (SSSR count). The first-order valence-electron chi connectivity index (χ1n) is 9.57. The zero-order valence-corrected chi connectivity index (χ0v) is 16.7. The Morgan fingerprint density at radius 1 is 1.20 bits per heavy atom. The van der Waals surface area contributed by atoms with Crippen molar-refractivity contribution in [3.8, 4) is 0 Å². The van der Waals surface area contributed by atoms with Crippen LogP contribution in [0, 0.1) is 5.82 Å². The van der Waals surface area contributed by atoms with Crippen LogP contribution in [0.25, 0.3) is 0 Å². The number of halogens is 4. The summed E-state index contributed by atoms with van der Waals surface area (Å²) in [6, 6.07) is 2.47. The van der Waals surface area contributed by atoms with Crippen molar-refractivity contribution in [3.63, 3.8) is 0 Å². The van der Waals surface area contributed by atoms with Gasteiger partial charge in [0.05, 0.1) is 30.9 Å². The third-order valence-electron chi connectivity index (χ3n) is 5.35. The molecule has 0 spiro atoms. The predicted octanol–water partition coefficient (Wildman–Crippen LogP) is 2.86. The molecule has 2 saturated heterocycles. The maximum absolute atomic E-state index is 14.1. The van der Waals surface area contributed by atoms with Crippen LogP contribution >= 0.6 is 11.6 Å². The second-order valence-electron chi connectivity index (χ2n) is 7.60. The number of amides is 2. The first-order valence-corrected chi connectivity index (χ1v) is 9.94. The van der Waals surface area contributed by atoms with Gasteiger partial charge in [0.25, 0.3) is 17.7 Å². The van der Waals surface area contributed by atoms with Crippen molar-refractivity contribution in [2.75, 3.05) is 19.6 Å². The summed E-state index contributed by atoms with van der Waals surface area (Å²) in [7, 11) is 0. The number of hydrogen-bond donors (Lipinski definition) is 0. The fraction of sp³-hybridized carbons (Fsp3) is 0.474. The van der Waals surface area contributed by atoms with E-state index in [1.807, 2.05) is 0 Å². The molecule has 160 valence electrons. The van der Waals surface area contributed by atoms with E-state index in [1.54, 1.807) is 4.90 Å². The molecule has 3 heterocycles. The normalized spacial score (nSPS) is 20.7. The fourth-order valence-electron chi connectivity index (χ4n) is 3.90. The predicted molar refractivity (Wildman–Crippen MR) is 101 cm³/mol. The van der Waals surface area contributed by atoms with Crippen LogP contribution in [0.3, 0.4) is 0 Å². The zero-order chi connectivity index (χ0) is 21.5. The molecule has 30 heavy (non-hydrogen) atoms. The summed E-state index contributed by atoms with van der Waals surface area (Å²) >= 11 is 5.83. The molecular formula is C19H19ClF3N5O2. The van der Waals surface area contributed by atoms with Crippen molar-refractivity contribution >= 4 is 23.4 Å². The van der Waals surface area contributed by atoms with E-state index in [4.69, 9.17) is 11.6 Å². The summed E-state index contributed by atoms with van der Waals surface area (Å²) in [5.41, 5.74) is -0.242. The molecule has 0 aliphatic carbocycles. The zero-order valence-electron chi connectivity index (χ0n) is 15.9. The Balaban J connectivity index is 1.53. The Morgan fingerprint density at radius 2 is 1.93 bits per heavy atom. The van der Waals surface area contributed by atoms with Crippen LogP contribution in [-0.2, 0) is 6.54 Å². The number of benzene rings is 1. The lowest BCUT2D eigenvalue weighted by atomic mass is 10.1. The maximum atomic E-state index is 14.1. The maximum Gasteiger partial charge on any atom is 0.276 e. The number of carbonyl (C=O) groups is 2. The Kier molecular flexibility index (Phi) is 5.44. The van der Waals surface area contributed by atoms with Crippen molar-refractivity contribution in [2.45, 2.75) is 37.8 Å². The molecule has 0 bridgehead atoms. The second-order valence-corrected chi connectivity index (χ2v) is 8.03. The number of nitrogens with zero attached hydrogens (tertiary/aromatic N) is 5. The van der Waals surface area contributed by atoms with E-state index in [-0.39, 0.29) is 28.7 Å². The van der Waals surface area contributed by atoms with Gasteiger partial charge in [-0.15, -0.1) is 5.10 Å². The van der Waals surface area contributed by atoms with Gasteiger partial charge in [0, 0.05) is 24.5 Å². The molecule has 2 aromatic rings. The number of rotatable bonds is 4. The van der Waals surface area contributed by atoms with Crippen LogP contribution in [0.1, 0.15) is 40.1 Å². The minimum Gasteiger partial charge on any atom is -0.337 e. The van der Waals surface area contributed by atoms with Crippen LogP contribution in [0.2, 0.25) is 5.02 Å². The van der Waals surface area contributed by atoms with Crippen LogP contribution in [-0.4, -0.2) is 68.2 Å². The van der Waals surface area contributed by atoms with Gasteiger partial charge in [0.1, 0.15) is 5.82 Å². The van der Waals surface area contributed by atoms with Crippen molar-refractivity contribution in [1.29, 1.82) is 0 Å². The van der Waals surface area contributed by atoms with Gasteiger partial charge >= 0.3 is 0 Å². The molecule has 7 nitrogen and oxygen atoms in total. The molecule has 1 unspecified atom stereocenters. The van der Waals surface area contributed by atoms with E-state index >= 15 is 0 Å². The highest BCUT2D eigenvalue weighted by atomic mass is 35.5. The number of alkyl halides is 2. The Bertz CT molecular complexity index is 977. The van der Waals surface area contributed by atoms with Crippen LogP contribution in [0.15, 0.2) is 24.4 Å². The molecule has 1 aromatic heterocycles. The largest absolute Gasteiger partial charge is 0.337 e. The van der Waals surface area contributed by atoms with E-state index in [0.29, 0.717) is 13.1 Å². The molecule has 0 radical (unpaired) electrons. The van der Waals surface area contributed by atoms with E-state index in [9.17, 15) is 22.8 Å². The lowest BCUT2D eigenvalue weighted by molar-refractivity contribution is 0.0116. The first kappa shape index (κ1) is 20.6. The molecule has 2 aliphatic heterocycles. The highest BCUT2D eigenvalue weighted by Crippen LogP contribution is 2.34. The highest BCUT2D eigenvalue weighted by Gasteiger charge is 2.47. The molecular weight excluding hydrogens is 423 g/mol. The quantitative estimate of drug-likeness (QED) is 0.731. The number of aromatic nitrogens is 3. The second kappa shape index (κ2) is 7.90. The highest BCUT2D eigenvalue weighted by molar-refractivity contribution is 6.31. The Labute approximate surface area is 175 Å². The summed E-state index contributed by atoms with van der Waals surface area (Å²) in [6.45, 7) is 0.364. The summed E-state index contributed by atoms with van der Waals surface area (Å²) in [6.07, 6.45) is 2.64. The van der Waals surface area contributed by atoms with Gasteiger partial charge in [-0.3, -0.25) is 9.59 Å². The molecule has 0 saturated carbocycles. The lowest BCUT2D eigenvalue weighted by Crippen LogP contribution is -2.39. The van der Waals surface area contributed by atoms with Gasteiger partial charge in [-0.05, 0) is 31.0 Å². The first-order chi connectivity index (χ1) is 14.2. The van der Waals surface area contributed by atoms with E-state index in [1.165, 1.54) is 16.9 Å². The SMILES string of the molecule is O=C(c1cn(CC2CC(F)(F)CN2C(=O)c2cc(Cl)ccc2F)nn1)N1CCCC1. The lowest BCUT2D eigenvalue weighted by Gasteiger charge is -2.24. The summed E-state index contributed by atoms with van der Waals surface area (Å²) in [5.74, 6) is -5.09. The Morgan fingerprint density at radius 3 is 2.67 bits per heavy atom. The fourth-order valence-corrected chi connectivity index (χ4v) is 4.07. The third-order valence-corrected chi connectivity index (χ3v) is 5.58. The van der Waals surface area contributed by atoms with Gasteiger partial charge in [-0.1, -0.05) is 16.8 Å². The molecule has 0 N–H and O–H groups in total. The van der Waals surface area contributed by atoms with Crippen LogP contribution in [0.4, 0.5) is 13.2 Å². The average Bonchev–Trinajstić information content (AvgIpc) is 3.43. The van der Waals surface area contributed by atoms with Crippen molar-refractivity contribution in [2.24, 2.45) is 0 Å². The number of likely N-dealkylation sites (tertiary alicyclic amines) is 2. The van der Waals surface area contributed by atoms with E-state index in [0.717, 1.165) is 29.9 Å². The number of hydrogen-bond acceptors (Lipinski definition) is 4. The topological polar surface area (TPSA) is 71.3 Å². The van der Waals surface area contributed by atoms with Gasteiger partial charge in [-0.25, -0.2) is 17.9 Å². The molecule has 1 aromatic carbocycles. The molecule has 2 fully saturated rings. The van der Waals surface area contributed by atoms with Crippen molar-refractivity contribution in [3.05, 3.63) is 46.5 Å². The number of carbonyl (C=O) groups excluding carboxylic acids is 2. The summed E-state index contributed by atoms with van der Waals surface area (Å²) in [4.78, 5) is 27.8.